The highest BCUT2D eigenvalue weighted by atomic mass is 16.5. The Kier molecular flexibility index (Phi) is 5.26. The summed E-state index contributed by atoms with van der Waals surface area (Å²) in [7, 11) is 3.73. The Hall–Kier alpha value is -1.26. The summed E-state index contributed by atoms with van der Waals surface area (Å²) in [5, 5.41) is 10.1. The third kappa shape index (κ3) is 3.44. The standard InChI is InChI=1S/C16H26N2O2/c1-18(15-6-4-3-5-12(15)10-17)11-13-7-8-14(20-2)9-16(13)19/h7-9,12,15,19H,3-6,10-11,17H2,1-2H3. The minimum atomic E-state index is 0.302. The summed E-state index contributed by atoms with van der Waals surface area (Å²) in [5.74, 6) is 1.57. The maximum absolute atomic E-state index is 10.1. The van der Waals surface area contributed by atoms with Crippen LogP contribution in [0.2, 0.25) is 0 Å². The number of nitrogens with zero attached hydrogens (tertiary/aromatic N) is 1. The Balaban J connectivity index is 2.04. The maximum Gasteiger partial charge on any atom is 0.123 e. The zero-order chi connectivity index (χ0) is 14.5. The SMILES string of the molecule is COc1ccc(CN(C)C2CCCCC2CN)c(O)c1. The van der Waals surface area contributed by atoms with Crippen molar-refractivity contribution in [2.24, 2.45) is 11.7 Å². The minimum Gasteiger partial charge on any atom is -0.507 e. The Morgan fingerprint density at radius 2 is 2.10 bits per heavy atom. The van der Waals surface area contributed by atoms with Crippen molar-refractivity contribution >= 4 is 0 Å². The maximum atomic E-state index is 10.1. The van der Waals surface area contributed by atoms with Crippen molar-refractivity contribution in [3.8, 4) is 11.5 Å². The van der Waals surface area contributed by atoms with Gasteiger partial charge in [0.1, 0.15) is 11.5 Å². The van der Waals surface area contributed by atoms with Gasteiger partial charge in [0.05, 0.1) is 7.11 Å². The van der Waals surface area contributed by atoms with Crippen LogP contribution in [0.15, 0.2) is 18.2 Å². The van der Waals surface area contributed by atoms with E-state index in [1.165, 1.54) is 25.7 Å². The van der Waals surface area contributed by atoms with E-state index in [9.17, 15) is 5.11 Å². The molecule has 0 saturated heterocycles. The van der Waals surface area contributed by atoms with Crippen LogP contribution in [0, 0.1) is 5.92 Å². The second-order valence-corrected chi connectivity index (χ2v) is 5.76. The first-order chi connectivity index (χ1) is 9.65. The molecule has 1 aliphatic rings. The van der Waals surface area contributed by atoms with E-state index in [1.807, 2.05) is 12.1 Å². The molecule has 0 bridgehead atoms. The summed E-state index contributed by atoms with van der Waals surface area (Å²) < 4.78 is 5.12. The first-order valence-electron chi connectivity index (χ1n) is 7.42. The van der Waals surface area contributed by atoms with E-state index >= 15 is 0 Å². The molecule has 4 nitrogen and oxygen atoms in total. The number of methoxy groups -OCH3 is 1. The highest BCUT2D eigenvalue weighted by Gasteiger charge is 2.27. The van der Waals surface area contributed by atoms with Crippen LogP contribution < -0.4 is 10.5 Å². The second-order valence-electron chi connectivity index (χ2n) is 5.76. The summed E-state index contributed by atoms with van der Waals surface area (Å²) in [6.45, 7) is 1.50. The van der Waals surface area contributed by atoms with Crippen molar-refractivity contribution in [1.82, 2.24) is 4.90 Å². The van der Waals surface area contributed by atoms with Crippen LogP contribution in [-0.4, -0.2) is 36.8 Å². The van der Waals surface area contributed by atoms with Gasteiger partial charge in [0.25, 0.3) is 0 Å². The highest BCUT2D eigenvalue weighted by molar-refractivity contribution is 5.39. The van der Waals surface area contributed by atoms with Gasteiger partial charge in [0, 0.05) is 24.2 Å². The molecule has 0 aliphatic heterocycles. The highest BCUT2D eigenvalue weighted by Crippen LogP contribution is 2.30. The van der Waals surface area contributed by atoms with Gasteiger partial charge in [-0.2, -0.15) is 0 Å². The number of hydrogen-bond donors (Lipinski definition) is 2. The fourth-order valence-corrected chi connectivity index (χ4v) is 3.23. The van der Waals surface area contributed by atoms with Crippen molar-refractivity contribution in [2.75, 3.05) is 20.7 Å². The van der Waals surface area contributed by atoms with Crippen molar-refractivity contribution in [1.29, 1.82) is 0 Å². The van der Waals surface area contributed by atoms with Crippen molar-refractivity contribution in [2.45, 2.75) is 38.3 Å². The lowest BCUT2D eigenvalue weighted by molar-refractivity contribution is 0.126. The molecule has 112 valence electrons. The molecule has 0 radical (unpaired) electrons. The molecule has 0 amide bonds. The van der Waals surface area contributed by atoms with Gasteiger partial charge in [-0.25, -0.2) is 0 Å². The number of ether oxygens (including phenoxy) is 1. The third-order valence-electron chi connectivity index (χ3n) is 4.45. The van der Waals surface area contributed by atoms with Gasteiger partial charge in [-0.1, -0.05) is 18.9 Å². The predicted molar refractivity (Wildman–Crippen MR) is 80.9 cm³/mol. The number of benzene rings is 1. The number of nitrogens with two attached hydrogens (primary N) is 1. The van der Waals surface area contributed by atoms with Gasteiger partial charge in [-0.05, 0) is 38.4 Å². The normalized spacial score (nSPS) is 23.0. The summed E-state index contributed by atoms with van der Waals surface area (Å²) >= 11 is 0. The Labute approximate surface area is 121 Å². The van der Waals surface area contributed by atoms with E-state index < -0.39 is 0 Å². The van der Waals surface area contributed by atoms with Gasteiger partial charge in [0.2, 0.25) is 0 Å². The molecule has 1 aliphatic carbocycles. The molecule has 1 saturated carbocycles. The molecule has 4 heteroatoms. The summed E-state index contributed by atoms with van der Waals surface area (Å²) in [6, 6.07) is 6.02. The van der Waals surface area contributed by atoms with Crippen LogP contribution in [-0.2, 0) is 6.54 Å². The molecule has 0 heterocycles. The van der Waals surface area contributed by atoms with Crippen LogP contribution in [0.3, 0.4) is 0 Å². The molecular weight excluding hydrogens is 252 g/mol. The third-order valence-corrected chi connectivity index (χ3v) is 4.45. The van der Waals surface area contributed by atoms with Crippen LogP contribution in [0.5, 0.6) is 11.5 Å². The van der Waals surface area contributed by atoms with Gasteiger partial charge in [0.15, 0.2) is 0 Å². The topological polar surface area (TPSA) is 58.7 Å². The zero-order valence-electron chi connectivity index (χ0n) is 12.5. The van der Waals surface area contributed by atoms with Gasteiger partial charge < -0.3 is 15.6 Å². The monoisotopic (exact) mass is 278 g/mol. The number of phenolic OH excluding ortho intramolecular Hbond substituents is 1. The Morgan fingerprint density at radius 1 is 1.35 bits per heavy atom. The average Bonchev–Trinajstić information content (AvgIpc) is 2.49. The first-order valence-corrected chi connectivity index (χ1v) is 7.42. The molecule has 20 heavy (non-hydrogen) atoms. The van der Waals surface area contributed by atoms with E-state index in [2.05, 4.69) is 11.9 Å². The zero-order valence-corrected chi connectivity index (χ0v) is 12.5. The summed E-state index contributed by atoms with van der Waals surface area (Å²) in [6.07, 6.45) is 5.00. The van der Waals surface area contributed by atoms with Crippen LogP contribution in [0.25, 0.3) is 0 Å². The van der Waals surface area contributed by atoms with E-state index in [0.717, 1.165) is 18.7 Å². The first kappa shape index (κ1) is 15.1. The molecule has 2 atom stereocenters. The van der Waals surface area contributed by atoms with Gasteiger partial charge >= 0.3 is 0 Å². The fourth-order valence-electron chi connectivity index (χ4n) is 3.23. The smallest absolute Gasteiger partial charge is 0.123 e. The second kappa shape index (κ2) is 6.95. The van der Waals surface area contributed by atoms with E-state index in [-0.39, 0.29) is 0 Å². The average molecular weight is 278 g/mol. The lowest BCUT2D eigenvalue weighted by atomic mass is 9.83. The molecule has 2 rings (SSSR count). The molecule has 1 aromatic carbocycles. The van der Waals surface area contributed by atoms with Crippen LogP contribution in [0.1, 0.15) is 31.2 Å². The number of phenols is 1. The van der Waals surface area contributed by atoms with Crippen molar-refractivity contribution in [3.05, 3.63) is 23.8 Å². The predicted octanol–water partition coefficient (Wildman–Crippen LogP) is 2.35. The Bertz CT molecular complexity index is 436. The minimum absolute atomic E-state index is 0.302. The number of aromatic hydroxyl groups is 1. The number of hydrogen-bond acceptors (Lipinski definition) is 4. The lowest BCUT2D eigenvalue weighted by Gasteiger charge is -2.37. The van der Waals surface area contributed by atoms with Crippen molar-refractivity contribution in [3.63, 3.8) is 0 Å². The Morgan fingerprint density at radius 3 is 2.75 bits per heavy atom. The quantitative estimate of drug-likeness (QED) is 0.868. The van der Waals surface area contributed by atoms with E-state index in [0.29, 0.717) is 23.5 Å². The van der Waals surface area contributed by atoms with Crippen LogP contribution in [0.4, 0.5) is 0 Å². The molecule has 2 unspecified atom stereocenters. The van der Waals surface area contributed by atoms with E-state index in [4.69, 9.17) is 10.5 Å². The van der Waals surface area contributed by atoms with Gasteiger partial charge in [-0.3, -0.25) is 4.90 Å². The van der Waals surface area contributed by atoms with E-state index in [1.54, 1.807) is 13.2 Å². The number of rotatable bonds is 5. The molecule has 1 fully saturated rings. The molecule has 1 aromatic rings. The van der Waals surface area contributed by atoms with Crippen LogP contribution >= 0.6 is 0 Å². The molecule has 3 N–H and O–H groups in total. The van der Waals surface area contributed by atoms with Gasteiger partial charge in [-0.15, -0.1) is 0 Å². The largest absolute Gasteiger partial charge is 0.507 e. The summed E-state index contributed by atoms with van der Waals surface area (Å²) in [4.78, 5) is 2.33. The molecule has 0 aromatic heterocycles. The molecule has 0 spiro atoms. The summed E-state index contributed by atoms with van der Waals surface area (Å²) in [5.41, 5.74) is 6.84. The lowest BCUT2D eigenvalue weighted by Crippen LogP contribution is -2.42. The molecular formula is C16H26N2O2. The fraction of sp³-hybridized carbons (Fsp3) is 0.625. The van der Waals surface area contributed by atoms with Crippen molar-refractivity contribution < 1.29 is 9.84 Å².